The summed E-state index contributed by atoms with van der Waals surface area (Å²) in [6.07, 6.45) is 4.66. The third kappa shape index (κ3) is 2.74. The highest BCUT2D eigenvalue weighted by molar-refractivity contribution is 5.63. The molecule has 0 amide bonds. The summed E-state index contributed by atoms with van der Waals surface area (Å²) in [6.45, 7) is 4.31. The van der Waals surface area contributed by atoms with E-state index in [0.29, 0.717) is 0 Å². The zero-order valence-corrected chi connectivity index (χ0v) is 13.4. The number of benzene rings is 2. The molecule has 1 fully saturated rings. The molecule has 3 nitrogen and oxygen atoms in total. The van der Waals surface area contributed by atoms with E-state index in [0.717, 1.165) is 24.7 Å². The van der Waals surface area contributed by atoms with Crippen molar-refractivity contribution in [2.45, 2.75) is 19.8 Å². The van der Waals surface area contributed by atoms with E-state index in [1.807, 2.05) is 6.07 Å². The van der Waals surface area contributed by atoms with Crippen molar-refractivity contribution in [1.82, 2.24) is 9.55 Å². The van der Waals surface area contributed by atoms with Crippen molar-refractivity contribution in [1.29, 1.82) is 0 Å². The lowest BCUT2D eigenvalue weighted by Crippen LogP contribution is -2.21. The van der Waals surface area contributed by atoms with Crippen LogP contribution in [0.1, 0.15) is 18.4 Å². The topological polar surface area (TPSA) is 21.1 Å². The van der Waals surface area contributed by atoms with Crippen molar-refractivity contribution in [2.24, 2.45) is 0 Å². The number of aromatic nitrogens is 2. The van der Waals surface area contributed by atoms with E-state index in [2.05, 4.69) is 71.1 Å². The van der Waals surface area contributed by atoms with E-state index in [4.69, 9.17) is 4.98 Å². The Morgan fingerprint density at radius 2 is 1.57 bits per heavy atom. The Morgan fingerprint density at radius 3 is 2.26 bits per heavy atom. The predicted molar refractivity (Wildman–Crippen MR) is 95.2 cm³/mol. The Hall–Kier alpha value is -2.55. The third-order valence-corrected chi connectivity index (χ3v) is 4.46. The largest absolute Gasteiger partial charge is 0.342 e. The van der Waals surface area contributed by atoms with Gasteiger partial charge in [0, 0.05) is 30.5 Å². The van der Waals surface area contributed by atoms with Gasteiger partial charge in [0.15, 0.2) is 0 Å². The Balaban J connectivity index is 1.82. The standard InChI is InChI=1S/C20H21N3/c1-16-9-11-18(12-10-16)23-15-19(17-7-3-2-4-8-17)21-20(23)22-13-5-6-14-22/h2-4,7-12,15H,5-6,13-14H2,1H3. The van der Waals surface area contributed by atoms with Crippen LogP contribution in [0, 0.1) is 6.92 Å². The van der Waals surface area contributed by atoms with Crippen LogP contribution in [0.4, 0.5) is 5.95 Å². The lowest BCUT2D eigenvalue weighted by Gasteiger charge is -2.18. The molecule has 2 heterocycles. The lowest BCUT2D eigenvalue weighted by atomic mass is 10.2. The van der Waals surface area contributed by atoms with Gasteiger partial charge in [0.05, 0.1) is 5.69 Å². The predicted octanol–water partition coefficient (Wildman–Crippen LogP) is 4.45. The van der Waals surface area contributed by atoms with E-state index in [-0.39, 0.29) is 0 Å². The van der Waals surface area contributed by atoms with Gasteiger partial charge in [0.25, 0.3) is 0 Å². The average molecular weight is 303 g/mol. The van der Waals surface area contributed by atoms with Crippen LogP contribution in [0.2, 0.25) is 0 Å². The summed E-state index contributed by atoms with van der Waals surface area (Å²) in [5.74, 6) is 1.06. The number of rotatable bonds is 3. The SMILES string of the molecule is Cc1ccc(-n2cc(-c3ccccc3)nc2N2CCCC2)cc1. The molecule has 0 unspecified atom stereocenters. The first-order valence-corrected chi connectivity index (χ1v) is 8.28. The number of hydrogen-bond donors (Lipinski definition) is 0. The maximum Gasteiger partial charge on any atom is 0.210 e. The summed E-state index contributed by atoms with van der Waals surface area (Å²) in [5.41, 5.74) is 4.65. The van der Waals surface area contributed by atoms with Gasteiger partial charge in [-0.1, -0.05) is 48.0 Å². The molecule has 0 bridgehead atoms. The summed E-state index contributed by atoms with van der Waals surface area (Å²) in [5, 5.41) is 0. The van der Waals surface area contributed by atoms with E-state index in [1.165, 1.54) is 29.7 Å². The second-order valence-electron chi connectivity index (χ2n) is 6.19. The summed E-state index contributed by atoms with van der Waals surface area (Å²) in [4.78, 5) is 7.35. The summed E-state index contributed by atoms with van der Waals surface area (Å²) in [7, 11) is 0. The van der Waals surface area contributed by atoms with Crippen molar-refractivity contribution < 1.29 is 0 Å². The van der Waals surface area contributed by atoms with Crippen LogP contribution in [0.5, 0.6) is 0 Å². The zero-order valence-electron chi connectivity index (χ0n) is 13.4. The molecule has 2 aromatic carbocycles. The third-order valence-electron chi connectivity index (χ3n) is 4.46. The first kappa shape index (κ1) is 14.1. The van der Waals surface area contributed by atoms with Crippen molar-refractivity contribution in [2.75, 3.05) is 18.0 Å². The molecule has 1 saturated heterocycles. The monoisotopic (exact) mass is 303 g/mol. The van der Waals surface area contributed by atoms with Crippen LogP contribution in [-0.4, -0.2) is 22.6 Å². The smallest absolute Gasteiger partial charge is 0.210 e. The highest BCUT2D eigenvalue weighted by Crippen LogP contribution is 2.28. The van der Waals surface area contributed by atoms with Gasteiger partial charge in [0.1, 0.15) is 0 Å². The van der Waals surface area contributed by atoms with Crippen molar-refractivity contribution in [3.05, 3.63) is 66.4 Å². The number of imidazole rings is 1. The molecule has 3 heteroatoms. The first-order valence-electron chi connectivity index (χ1n) is 8.28. The molecule has 4 rings (SSSR count). The first-order chi connectivity index (χ1) is 11.3. The molecule has 1 aromatic heterocycles. The van der Waals surface area contributed by atoms with Gasteiger partial charge in [-0.3, -0.25) is 4.57 Å². The second-order valence-corrected chi connectivity index (χ2v) is 6.19. The molecular formula is C20H21N3. The summed E-state index contributed by atoms with van der Waals surface area (Å²) < 4.78 is 2.23. The highest BCUT2D eigenvalue weighted by atomic mass is 15.3. The van der Waals surface area contributed by atoms with Crippen LogP contribution in [-0.2, 0) is 0 Å². The molecular weight excluding hydrogens is 282 g/mol. The summed E-state index contributed by atoms with van der Waals surface area (Å²) >= 11 is 0. The van der Waals surface area contributed by atoms with Gasteiger partial charge in [0.2, 0.25) is 5.95 Å². The molecule has 1 aliphatic rings. The van der Waals surface area contributed by atoms with E-state index < -0.39 is 0 Å². The number of nitrogens with zero attached hydrogens (tertiary/aromatic N) is 3. The fourth-order valence-corrected chi connectivity index (χ4v) is 3.15. The van der Waals surface area contributed by atoms with E-state index in [9.17, 15) is 0 Å². The molecule has 3 aromatic rings. The van der Waals surface area contributed by atoms with Gasteiger partial charge in [-0.25, -0.2) is 4.98 Å². The second kappa shape index (κ2) is 5.92. The fraction of sp³-hybridized carbons (Fsp3) is 0.250. The maximum atomic E-state index is 4.95. The molecule has 0 N–H and O–H groups in total. The minimum absolute atomic E-state index is 1.04. The van der Waals surface area contributed by atoms with Gasteiger partial charge in [-0.2, -0.15) is 0 Å². The molecule has 0 aliphatic carbocycles. The molecule has 0 radical (unpaired) electrons. The van der Waals surface area contributed by atoms with Crippen LogP contribution in [0.15, 0.2) is 60.8 Å². The van der Waals surface area contributed by atoms with Crippen LogP contribution < -0.4 is 4.90 Å². The van der Waals surface area contributed by atoms with Crippen LogP contribution >= 0.6 is 0 Å². The van der Waals surface area contributed by atoms with Crippen LogP contribution in [0.3, 0.4) is 0 Å². The van der Waals surface area contributed by atoms with Crippen LogP contribution in [0.25, 0.3) is 16.9 Å². The Kier molecular flexibility index (Phi) is 3.62. The number of anilines is 1. The average Bonchev–Trinajstić information content (AvgIpc) is 3.26. The van der Waals surface area contributed by atoms with Gasteiger partial charge in [-0.05, 0) is 31.9 Å². The maximum absolute atomic E-state index is 4.95. The molecule has 0 spiro atoms. The van der Waals surface area contributed by atoms with Gasteiger partial charge >= 0.3 is 0 Å². The Morgan fingerprint density at radius 1 is 0.870 bits per heavy atom. The van der Waals surface area contributed by atoms with Gasteiger partial charge < -0.3 is 4.90 Å². The number of aryl methyl sites for hydroxylation is 1. The van der Waals surface area contributed by atoms with E-state index in [1.54, 1.807) is 0 Å². The fourth-order valence-electron chi connectivity index (χ4n) is 3.15. The molecule has 0 saturated carbocycles. The highest BCUT2D eigenvalue weighted by Gasteiger charge is 2.20. The number of hydrogen-bond acceptors (Lipinski definition) is 2. The Bertz CT molecular complexity index is 782. The normalized spacial score (nSPS) is 14.4. The van der Waals surface area contributed by atoms with Crippen molar-refractivity contribution in [3.63, 3.8) is 0 Å². The summed E-state index contributed by atoms with van der Waals surface area (Å²) in [6, 6.07) is 19.1. The zero-order chi connectivity index (χ0) is 15.6. The molecule has 23 heavy (non-hydrogen) atoms. The minimum Gasteiger partial charge on any atom is -0.342 e. The van der Waals surface area contributed by atoms with Crippen molar-refractivity contribution in [3.8, 4) is 16.9 Å². The van der Waals surface area contributed by atoms with E-state index >= 15 is 0 Å². The quantitative estimate of drug-likeness (QED) is 0.713. The van der Waals surface area contributed by atoms with Gasteiger partial charge in [-0.15, -0.1) is 0 Å². The van der Waals surface area contributed by atoms with Crippen molar-refractivity contribution >= 4 is 5.95 Å². The minimum atomic E-state index is 1.04. The molecule has 0 atom stereocenters. The Labute approximate surface area is 137 Å². The molecule has 116 valence electrons. The lowest BCUT2D eigenvalue weighted by molar-refractivity contribution is 0.875. The molecule has 1 aliphatic heterocycles.